The van der Waals surface area contributed by atoms with Gasteiger partial charge in [-0.25, -0.2) is 0 Å². The Labute approximate surface area is 191 Å². The Kier molecular flexibility index (Phi) is 11.8. The topological polar surface area (TPSA) is 55.4 Å². The van der Waals surface area contributed by atoms with Crippen molar-refractivity contribution in [2.45, 2.75) is 12.8 Å². The maximum atomic E-state index is 5.74. The first-order chi connectivity index (χ1) is 15.7. The van der Waals surface area contributed by atoms with Crippen molar-refractivity contribution in [3.8, 4) is 23.0 Å². The molecular weight excluding hydrogens is 408 g/mol. The lowest BCUT2D eigenvalue weighted by Crippen LogP contribution is -2.13. The van der Waals surface area contributed by atoms with Crippen LogP contribution in [0.15, 0.2) is 61.7 Å². The van der Waals surface area contributed by atoms with E-state index in [1.165, 1.54) is 0 Å². The molecule has 0 aliphatic rings. The van der Waals surface area contributed by atoms with E-state index in [2.05, 4.69) is 13.2 Å². The summed E-state index contributed by atoms with van der Waals surface area (Å²) in [4.78, 5) is 0. The van der Waals surface area contributed by atoms with Crippen LogP contribution < -0.4 is 18.9 Å². The molecule has 0 aromatic heterocycles. The van der Waals surface area contributed by atoms with Gasteiger partial charge in [-0.15, -0.1) is 13.2 Å². The Balaban J connectivity index is 1.55. The number of benzene rings is 2. The van der Waals surface area contributed by atoms with Gasteiger partial charge >= 0.3 is 0 Å². The Morgan fingerprint density at radius 2 is 1.03 bits per heavy atom. The highest BCUT2D eigenvalue weighted by Crippen LogP contribution is 2.25. The fraction of sp³-hybridized carbons (Fsp3) is 0.385. The Morgan fingerprint density at radius 3 is 1.41 bits per heavy atom. The molecule has 6 heteroatoms. The first-order valence-electron chi connectivity index (χ1n) is 10.7. The van der Waals surface area contributed by atoms with Crippen molar-refractivity contribution in [1.29, 1.82) is 0 Å². The minimum atomic E-state index is 0.466. The highest BCUT2D eigenvalue weighted by Gasteiger charge is 2.05. The third-order valence-corrected chi connectivity index (χ3v) is 4.60. The van der Waals surface area contributed by atoms with Crippen LogP contribution >= 0.6 is 0 Å². The van der Waals surface area contributed by atoms with Crippen molar-refractivity contribution >= 4 is 0 Å². The van der Waals surface area contributed by atoms with Crippen molar-refractivity contribution in [1.82, 2.24) is 0 Å². The molecule has 0 saturated carbocycles. The van der Waals surface area contributed by atoms with Gasteiger partial charge in [0.1, 0.15) is 36.2 Å². The van der Waals surface area contributed by atoms with E-state index in [1.807, 2.05) is 48.6 Å². The number of methoxy groups -OCH3 is 2. The molecule has 0 radical (unpaired) electrons. The number of allylic oxidation sites excluding steroid dienone is 2. The lowest BCUT2D eigenvalue weighted by Gasteiger charge is -2.12. The Hall–Kier alpha value is -2.96. The van der Waals surface area contributed by atoms with E-state index in [0.29, 0.717) is 39.6 Å². The Bertz CT molecular complexity index is 764. The van der Waals surface area contributed by atoms with Crippen molar-refractivity contribution in [2.24, 2.45) is 0 Å². The third kappa shape index (κ3) is 8.65. The maximum Gasteiger partial charge on any atom is 0.122 e. The van der Waals surface area contributed by atoms with E-state index in [4.69, 9.17) is 28.4 Å². The average molecular weight is 443 g/mol. The third-order valence-electron chi connectivity index (χ3n) is 4.60. The summed E-state index contributed by atoms with van der Waals surface area (Å²) < 4.78 is 33.3. The van der Waals surface area contributed by atoms with Crippen LogP contribution in [0.1, 0.15) is 11.1 Å². The van der Waals surface area contributed by atoms with Gasteiger partial charge in [0, 0.05) is 11.1 Å². The molecule has 0 bridgehead atoms. The SMILES string of the molecule is C=CCc1cc(OCCOCCOCCOc2ccc(OC)c(CC=C)c2)ccc1OC. The quantitative estimate of drug-likeness (QED) is 0.263. The molecule has 0 spiro atoms. The van der Waals surface area contributed by atoms with Crippen LogP contribution in [-0.2, 0) is 22.3 Å². The summed E-state index contributed by atoms with van der Waals surface area (Å²) in [7, 11) is 3.31. The van der Waals surface area contributed by atoms with Crippen LogP contribution in [0, 0.1) is 0 Å². The summed E-state index contributed by atoms with van der Waals surface area (Å²) in [6, 6.07) is 11.5. The van der Waals surface area contributed by atoms with Crippen LogP contribution in [0.2, 0.25) is 0 Å². The van der Waals surface area contributed by atoms with Crippen LogP contribution in [0.5, 0.6) is 23.0 Å². The Morgan fingerprint density at radius 1 is 0.625 bits per heavy atom. The van der Waals surface area contributed by atoms with Gasteiger partial charge in [-0.1, -0.05) is 12.2 Å². The lowest BCUT2D eigenvalue weighted by molar-refractivity contribution is 0.0273. The largest absolute Gasteiger partial charge is 0.496 e. The summed E-state index contributed by atoms with van der Waals surface area (Å²) in [5, 5.41) is 0. The van der Waals surface area contributed by atoms with Crippen molar-refractivity contribution in [3.05, 3.63) is 72.8 Å². The van der Waals surface area contributed by atoms with E-state index < -0.39 is 0 Å². The van der Waals surface area contributed by atoms with Crippen LogP contribution in [-0.4, -0.2) is 53.9 Å². The molecule has 32 heavy (non-hydrogen) atoms. The van der Waals surface area contributed by atoms with Gasteiger partial charge in [0.2, 0.25) is 0 Å². The highest BCUT2D eigenvalue weighted by atomic mass is 16.6. The molecular formula is C26H34O6. The van der Waals surface area contributed by atoms with E-state index >= 15 is 0 Å². The predicted molar refractivity (Wildman–Crippen MR) is 126 cm³/mol. The average Bonchev–Trinajstić information content (AvgIpc) is 2.81. The standard InChI is InChI=1S/C26H34O6/c1-5-7-21-19-23(9-11-25(21)27-3)31-17-15-29-13-14-30-16-18-32-24-10-12-26(28-4)22(20-24)8-6-2/h5-6,9-12,19-20H,1-2,7-8,13-18H2,3-4H3. The summed E-state index contributed by atoms with van der Waals surface area (Å²) in [6.45, 7) is 10.4. The number of hydrogen-bond donors (Lipinski definition) is 0. The molecule has 0 unspecified atom stereocenters. The van der Waals surface area contributed by atoms with E-state index in [0.717, 1.165) is 47.0 Å². The molecule has 2 aromatic rings. The molecule has 0 fully saturated rings. The van der Waals surface area contributed by atoms with E-state index in [1.54, 1.807) is 14.2 Å². The predicted octanol–water partition coefficient (Wildman–Crippen LogP) is 4.65. The molecule has 0 saturated heterocycles. The second-order valence-electron chi connectivity index (χ2n) is 6.85. The zero-order valence-electron chi connectivity index (χ0n) is 19.1. The van der Waals surface area contributed by atoms with Gasteiger partial charge in [-0.2, -0.15) is 0 Å². The van der Waals surface area contributed by atoms with Gasteiger partial charge in [-0.3, -0.25) is 0 Å². The zero-order chi connectivity index (χ0) is 23.0. The maximum absolute atomic E-state index is 5.74. The van der Waals surface area contributed by atoms with E-state index in [-0.39, 0.29) is 0 Å². The normalized spacial score (nSPS) is 10.4. The molecule has 0 atom stereocenters. The second-order valence-corrected chi connectivity index (χ2v) is 6.85. The van der Waals surface area contributed by atoms with Crippen molar-refractivity contribution in [3.63, 3.8) is 0 Å². The second kappa shape index (κ2) is 14.9. The van der Waals surface area contributed by atoms with Gasteiger partial charge in [0.25, 0.3) is 0 Å². The van der Waals surface area contributed by atoms with Gasteiger partial charge in [0.15, 0.2) is 0 Å². The van der Waals surface area contributed by atoms with Crippen molar-refractivity contribution < 1.29 is 28.4 Å². The van der Waals surface area contributed by atoms with Crippen molar-refractivity contribution in [2.75, 3.05) is 53.9 Å². The van der Waals surface area contributed by atoms with Crippen LogP contribution in [0.25, 0.3) is 0 Å². The molecule has 0 aliphatic heterocycles. The molecule has 174 valence electrons. The fourth-order valence-corrected chi connectivity index (χ4v) is 3.08. The minimum Gasteiger partial charge on any atom is -0.496 e. The zero-order valence-corrected chi connectivity index (χ0v) is 19.1. The van der Waals surface area contributed by atoms with Gasteiger partial charge in [-0.05, 0) is 49.2 Å². The summed E-state index contributed by atoms with van der Waals surface area (Å²) in [5.41, 5.74) is 2.09. The number of hydrogen-bond acceptors (Lipinski definition) is 6. The monoisotopic (exact) mass is 442 g/mol. The molecule has 0 heterocycles. The summed E-state index contributed by atoms with van der Waals surface area (Å²) >= 11 is 0. The van der Waals surface area contributed by atoms with Gasteiger partial charge in [0.05, 0.1) is 40.6 Å². The molecule has 2 aromatic carbocycles. The number of ether oxygens (including phenoxy) is 6. The molecule has 0 aliphatic carbocycles. The molecule has 0 N–H and O–H groups in total. The minimum absolute atomic E-state index is 0.466. The summed E-state index contributed by atoms with van der Waals surface area (Å²) in [5.74, 6) is 3.24. The first kappa shape index (κ1) is 25.3. The van der Waals surface area contributed by atoms with Crippen LogP contribution in [0.4, 0.5) is 0 Å². The number of rotatable bonds is 17. The molecule has 2 rings (SSSR count). The highest BCUT2D eigenvalue weighted by molar-refractivity contribution is 5.42. The van der Waals surface area contributed by atoms with E-state index in [9.17, 15) is 0 Å². The molecule has 6 nitrogen and oxygen atoms in total. The first-order valence-corrected chi connectivity index (χ1v) is 10.7. The van der Waals surface area contributed by atoms with Crippen LogP contribution in [0.3, 0.4) is 0 Å². The summed E-state index contributed by atoms with van der Waals surface area (Å²) in [6.07, 6.45) is 5.14. The van der Waals surface area contributed by atoms with Gasteiger partial charge < -0.3 is 28.4 Å². The molecule has 0 amide bonds. The fourth-order valence-electron chi connectivity index (χ4n) is 3.08. The lowest BCUT2D eigenvalue weighted by atomic mass is 10.1. The smallest absolute Gasteiger partial charge is 0.122 e.